The van der Waals surface area contributed by atoms with E-state index in [9.17, 15) is 13.2 Å². The van der Waals surface area contributed by atoms with Crippen LogP contribution in [-0.2, 0) is 0 Å². The Labute approximate surface area is 118 Å². The van der Waals surface area contributed by atoms with Crippen LogP contribution in [-0.4, -0.2) is 42.4 Å². The Morgan fingerprint density at radius 2 is 1.84 bits per heavy atom. The van der Waals surface area contributed by atoms with Crippen molar-refractivity contribution in [2.75, 3.05) is 26.2 Å². The lowest BCUT2D eigenvalue weighted by atomic mass is 10.1. The van der Waals surface area contributed by atoms with E-state index < -0.39 is 18.8 Å². The Morgan fingerprint density at radius 3 is 2.26 bits per heavy atom. The summed E-state index contributed by atoms with van der Waals surface area (Å²) in [6, 6.07) is 6.39. The lowest BCUT2D eigenvalue weighted by Gasteiger charge is -2.31. The van der Waals surface area contributed by atoms with Gasteiger partial charge in [-0.05, 0) is 17.7 Å². The van der Waals surface area contributed by atoms with Crippen molar-refractivity contribution in [3.8, 4) is 0 Å². The molecule has 1 unspecified atom stereocenters. The smallest absolute Gasteiger partial charge is 0.395 e. The largest absolute Gasteiger partial charge is 0.401 e. The van der Waals surface area contributed by atoms with E-state index in [-0.39, 0.29) is 19.7 Å². The predicted octanol–water partition coefficient (Wildman–Crippen LogP) is 2.31. The maximum absolute atomic E-state index is 12.5. The van der Waals surface area contributed by atoms with Crippen molar-refractivity contribution in [2.45, 2.75) is 12.2 Å². The van der Waals surface area contributed by atoms with Gasteiger partial charge in [0.15, 0.2) is 0 Å². The number of benzene rings is 1. The highest BCUT2D eigenvalue weighted by Gasteiger charge is 2.33. The summed E-state index contributed by atoms with van der Waals surface area (Å²) in [6.45, 7) is -1.45. The number of hydrogen-bond donors (Lipinski definition) is 2. The minimum Gasteiger partial charge on any atom is -0.395 e. The summed E-state index contributed by atoms with van der Waals surface area (Å²) in [5, 5.41) is 8.91. The molecule has 0 radical (unpaired) electrons. The topological polar surface area (TPSA) is 49.5 Å². The third kappa shape index (κ3) is 5.48. The minimum absolute atomic E-state index is 0.0533. The Bertz CT molecular complexity index is 384. The van der Waals surface area contributed by atoms with Crippen LogP contribution in [0.3, 0.4) is 0 Å². The van der Waals surface area contributed by atoms with Crippen LogP contribution in [0.15, 0.2) is 28.7 Å². The van der Waals surface area contributed by atoms with Gasteiger partial charge in [-0.1, -0.05) is 28.1 Å². The van der Waals surface area contributed by atoms with Crippen molar-refractivity contribution in [3.05, 3.63) is 34.3 Å². The second kappa shape index (κ2) is 7.23. The van der Waals surface area contributed by atoms with Crippen LogP contribution in [0.2, 0.25) is 0 Å². The van der Waals surface area contributed by atoms with E-state index in [4.69, 9.17) is 10.8 Å². The molecule has 0 saturated carbocycles. The first-order valence-electron chi connectivity index (χ1n) is 5.74. The Balaban J connectivity index is 2.92. The summed E-state index contributed by atoms with van der Waals surface area (Å²) in [5.74, 6) is 0. The second-order valence-corrected chi connectivity index (χ2v) is 5.03. The molecule has 3 N–H and O–H groups in total. The van der Waals surface area contributed by atoms with Crippen LogP contribution in [0.5, 0.6) is 0 Å². The molecular formula is C12H16BrF3N2O. The maximum atomic E-state index is 12.5. The third-order valence-corrected chi connectivity index (χ3v) is 3.22. The molecule has 0 amide bonds. The summed E-state index contributed by atoms with van der Waals surface area (Å²) >= 11 is 3.27. The standard InChI is InChI=1S/C12H16BrF3N2O/c13-10-3-1-9(2-4-10)11(7-17)18(5-6-19)8-12(14,15)16/h1-4,11,19H,5-8,17H2. The van der Waals surface area contributed by atoms with Gasteiger partial charge in [0.1, 0.15) is 0 Å². The van der Waals surface area contributed by atoms with Crippen molar-refractivity contribution >= 4 is 15.9 Å². The Morgan fingerprint density at radius 1 is 1.26 bits per heavy atom. The fourth-order valence-corrected chi connectivity index (χ4v) is 2.15. The maximum Gasteiger partial charge on any atom is 0.401 e. The van der Waals surface area contributed by atoms with Gasteiger partial charge in [0.25, 0.3) is 0 Å². The van der Waals surface area contributed by atoms with Gasteiger partial charge in [-0.3, -0.25) is 4.90 Å². The number of nitrogens with zero attached hydrogens (tertiary/aromatic N) is 1. The van der Waals surface area contributed by atoms with E-state index in [2.05, 4.69) is 15.9 Å². The van der Waals surface area contributed by atoms with Crippen LogP contribution in [0.1, 0.15) is 11.6 Å². The van der Waals surface area contributed by atoms with E-state index >= 15 is 0 Å². The third-order valence-electron chi connectivity index (χ3n) is 2.69. The zero-order valence-corrected chi connectivity index (χ0v) is 11.8. The molecule has 0 aromatic heterocycles. The molecular weight excluding hydrogens is 325 g/mol. The number of rotatable bonds is 6. The van der Waals surface area contributed by atoms with E-state index in [1.807, 2.05) is 0 Å². The lowest BCUT2D eigenvalue weighted by molar-refractivity contribution is -0.151. The predicted molar refractivity (Wildman–Crippen MR) is 70.7 cm³/mol. The first-order chi connectivity index (χ1) is 8.87. The summed E-state index contributed by atoms with van der Waals surface area (Å²) < 4.78 is 38.4. The van der Waals surface area contributed by atoms with Crippen LogP contribution in [0.25, 0.3) is 0 Å². The van der Waals surface area contributed by atoms with Crippen LogP contribution >= 0.6 is 15.9 Å². The molecule has 1 atom stereocenters. The Kier molecular flexibility index (Phi) is 6.25. The molecule has 0 bridgehead atoms. The highest BCUT2D eigenvalue weighted by atomic mass is 79.9. The number of nitrogens with two attached hydrogens (primary N) is 1. The molecule has 0 aliphatic heterocycles. The summed E-state index contributed by atoms with van der Waals surface area (Å²) in [4.78, 5) is 1.14. The molecule has 0 saturated heterocycles. The van der Waals surface area contributed by atoms with Crippen LogP contribution in [0, 0.1) is 0 Å². The van der Waals surface area contributed by atoms with Gasteiger partial charge in [-0.15, -0.1) is 0 Å². The molecule has 19 heavy (non-hydrogen) atoms. The van der Waals surface area contributed by atoms with Gasteiger partial charge in [-0.25, -0.2) is 0 Å². The minimum atomic E-state index is -4.32. The van der Waals surface area contributed by atoms with Crippen molar-refractivity contribution in [1.29, 1.82) is 0 Å². The first kappa shape index (κ1) is 16.4. The molecule has 7 heteroatoms. The highest BCUT2D eigenvalue weighted by molar-refractivity contribution is 9.10. The molecule has 0 aliphatic carbocycles. The van der Waals surface area contributed by atoms with Gasteiger partial charge >= 0.3 is 6.18 Å². The zero-order valence-electron chi connectivity index (χ0n) is 10.2. The van der Waals surface area contributed by atoms with Crippen molar-refractivity contribution in [2.24, 2.45) is 5.73 Å². The normalized spacial score (nSPS) is 13.8. The van der Waals surface area contributed by atoms with E-state index in [1.165, 1.54) is 0 Å². The van der Waals surface area contributed by atoms with Crippen LogP contribution < -0.4 is 5.73 Å². The van der Waals surface area contributed by atoms with Gasteiger partial charge in [-0.2, -0.15) is 13.2 Å². The van der Waals surface area contributed by atoms with Gasteiger partial charge in [0, 0.05) is 23.6 Å². The molecule has 3 nitrogen and oxygen atoms in total. The summed E-state index contributed by atoms with van der Waals surface area (Å²) in [5.41, 5.74) is 6.29. The number of aliphatic hydroxyl groups is 1. The SMILES string of the molecule is NCC(c1ccc(Br)cc1)N(CCO)CC(F)(F)F. The number of hydrogen-bond acceptors (Lipinski definition) is 3. The average Bonchev–Trinajstić information content (AvgIpc) is 2.31. The first-order valence-corrected chi connectivity index (χ1v) is 6.54. The van der Waals surface area contributed by atoms with E-state index in [0.29, 0.717) is 5.56 Å². The number of aliphatic hydroxyl groups excluding tert-OH is 1. The fraction of sp³-hybridized carbons (Fsp3) is 0.500. The van der Waals surface area contributed by atoms with E-state index in [0.717, 1.165) is 9.37 Å². The number of alkyl halides is 3. The molecule has 1 aromatic carbocycles. The molecule has 0 fully saturated rings. The molecule has 1 aromatic rings. The lowest BCUT2D eigenvalue weighted by Crippen LogP contribution is -2.41. The molecule has 0 spiro atoms. The van der Waals surface area contributed by atoms with Crippen molar-refractivity contribution < 1.29 is 18.3 Å². The van der Waals surface area contributed by atoms with E-state index in [1.54, 1.807) is 24.3 Å². The van der Waals surface area contributed by atoms with Gasteiger partial charge in [0.2, 0.25) is 0 Å². The zero-order chi connectivity index (χ0) is 14.5. The van der Waals surface area contributed by atoms with Crippen molar-refractivity contribution in [1.82, 2.24) is 4.90 Å². The average molecular weight is 341 g/mol. The summed E-state index contributed by atoms with van der Waals surface area (Å²) in [7, 11) is 0. The van der Waals surface area contributed by atoms with Crippen LogP contribution in [0.4, 0.5) is 13.2 Å². The van der Waals surface area contributed by atoms with Crippen molar-refractivity contribution in [3.63, 3.8) is 0 Å². The monoisotopic (exact) mass is 340 g/mol. The molecule has 1 rings (SSSR count). The second-order valence-electron chi connectivity index (χ2n) is 4.11. The van der Waals surface area contributed by atoms with Gasteiger partial charge < -0.3 is 10.8 Å². The Hall–Kier alpha value is -0.630. The molecule has 108 valence electrons. The quantitative estimate of drug-likeness (QED) is 0.835. The molecule has 0 aliphatic rings. The van der Waals surface area contributed by atoms with Gasteiger partial charge in [0.05, 0.1) is 13.2 Å². The summed E-state index contributed by atoms with van der Waals surface area (Å²) in [6.07, 6.45) is -4.32. The number of halogens is 4. The highest BCUT2D eigenvalue weighted by Crippen LogP contribution is 2.25. The molecule has 0 heterocycles. The fourth-order valence-electron chi connectivity index (χ4n) is 1.88.